The molecule has 0 saturated carbocycles. The van der Waals surface area contributed by atoms with Crippen molar-refractivity contribution in [2.45, 2.75) is 26.8 Å². The maximum absolute atomic E-state index is 12.9. The van der Waals surface area contributed by atoms with Crippen molar-refractivity contribution >= 4 is 33.2 Å². The molecule has 4 heterocycles. The highest BCUT2D eigenvalue weighted by atomic mass is 32.1. The van der Waals surface area contributed by atoms with Gasteiger partial charge >= 0.3 is 0 Å². The van der Waals surface area contributed by atoms with Gasteiger partial charge in [-0.15, -0.1) is 11.3 Å². The molecule has 27 heavy (non-hydrogen) atoms. The van der Waals surface area contributed by atoms with Crippen LogP contribution in [0.1, 0.15) is 28.2 Å². The standard InChI is InChI=1S/C21H18N4OS/c1-13-14(2)27-20-18(13)21(26)24-9-8-16(19(24)23-20)10-15-11-22-25(12-15)17-6-4-3-5-7-17/h3-7,10-12H,8-9H2,1-2H3/b16-10-. The fraction of sp³-hybridized carbons (Fsp3) is 0.190. The molecule has 0 spiro atoms. The number of hydrogen-bond donors (Lipinski definition) is 0. The summed E-state index contributed by atoms with van der Waals surface area (Å²) in [5, 5.41) is 5.23. The van der Waals surface area contributed by atoms with Gasteiger partial charge in [-0.05, 0) is 49.6 Å². The fourth-order valence-corrected chi connectivity index (χ4v) is 4.61. The van der Waals surface area contributed by atoms with Gasteiger partial charge in [0.1, 0.15) is 10.7 Å². The molecule has 3 aromatic heterocycles. The van der Waals surface area contributed by atoms with E-state index in [9.17, 15) is 4.79 Å². The molecule has 6 heteroatoms. The van der Waals surface area contributed by atoms with Crippen molar-refractivity contribution < 1.29 is 0 Å². The zero-order chi connectivity index (χ0) is 18.5. The molecule has 0 aliphatic carbocycles. The lowest BCUT2D eigenvalue weighted by Crippen LogP contribution is -2.20. The molecule has 0 fully saturated rings. The molecule has 0 bridgehead atoms. The molecular formula is C21H18N4OS. The topological polar surface area (TPSA) is 52.7 Å². The summed E-state index contributed by atoms with van der Waals surface area (Å²) in [6.45, 7) is 4.74. The Kier molecular flexibility index (Phi) is 3.62. The van der Waals surface area contributed by atoms with Crippen LogP contribution in [0, 0.1) is 13.8 Å². The number of allylic oxidation sites excluding steroid dienone is 1. The van der Waals surface area contributed by atoms with E-state index in [0.29, 0.717) is 6.54 Å². The van der Waals surface area contributed by atoms with Crippen molar-refractivity contribution in [1.82, 2.24) is 19.3 Å². The largest absolute Gasteiger partial charge is 0.292 e. The van der Waals surface area contributed by atoms with Crippen LogP contribution in [0.4, 0.5) is 0 Å². The first kappa shape index (κ1) is 16.2. The molecule has 0 amide bonds. The second-order valence-electron chi connectivity index (χ2n) is 6.83. The molecule has 5 rings (SSSR count). The normalized spacial score (nSPS) is 15.0. The average molecular weight is 374 g/mol. The maximum atomic E-state index is 12.9. The van der Waals surface area contributed by atoms with E-state index in [1.165, 1.54) is 0 Å². The lowest BCUT2D eigenvalue weighted by Gasteiger charge is -2.03. The summed E-state index contributed by atoms with van der Waals surface area (Å²) in [5.74, 6) is 0.793. The molecule has 5 nitrogen and oxygen atoms in total. The van der Waals surface area contributed by atoms with E-state index in [0.717, 1.165) is 49.7 Å². The number of thiophene rings is 1. The summed E-state index contributed by atoms with van der Waals surface area (Å²) >= 11 is 1.60. The van der Waals surface area contributed by atoms with Crippen molar-refractivity contribution in [2.24, 2.45) is 0 Å². The first-order chi connectivity index (χ1) is 13.1. The van der Waals surface area contributed by atoms with Gasteiger partial charge in [-0.25, -0.2) is 9.67 Å². The molecule has 1 aliphatic heterocycles. The molecule has 0 atom stereocenters. The van der Waals surface area contributed by atoms with Crippen LogP contribution in [-0.2, 0) is 6.54 Å². The molecule has 0 saturated heterocycles. The Hall–Kier alpha value is -2.99. The summed E-state index contributed by atoms with van der Waals surface area (Å²) in [6, 6.07) is 10.0. The van der Waals surface area contributed by atoms with Gasteiger partial charge in [-0.2, -0.15) is 5.10 Å². The van der Waals surface area contributed by atoms with Gasteiger partial charge in [0.15, 0.2) is 0 Å². The van der Waals surface area contributed by atoms with E-state index in [1.54, 1.807) is 11.3 Å². The summed E-state index contributed by atoms with van der Waals surface area (Å²) in [6.07, 6.45) is 6.75. The van der Waals surface area contributed by atoms with Crippen LogP contribution in [0.2, 0.25) is 0 Å². The number of fused-ring (bicyclic) bond motifs is 2. The first-order valence-corrected chi connectivity index (χ1v) is 9.75. The molecule has 134 valence electrons. The predicted octanol–water partition coefficient (Wildman–Crippen LogP) is 4.20. The van der Waals surface area contributed by atoms with Crippen LogP contribution < -0.4 is 5.56 Å². The number of benzene rings is 1. The monoisotopic (exact) mass is 374 g/mol. The number of aromatic nitrogens is 4. The molecule has 0 radical (unpaired) electrons. The molecule has 0 unspecified atom stereocenters. The summed E-state index contributed by atoms with van der Waals surface area (Å²) < 4.78 is 3.67. The van der Waals surface area contributed by atoms with Crippen molar-refractivity contribution in [3.63, 3.8) is 0 Å². The van der Waals surface area contributed by atoms with Crippen LogP contribution in [0.25, 0.3) is 27.6 Å². The van der Waals surface area contributed by atoms with Gasteiger partial charge in [-0.3, -0.25) is 9.36 Å². The third kappa shape index (κ3) is 2.56. The van der Waals surface area contributed by atoms with Crippen molar-refractivity contribution in [3.8, 4) is 5.69 Å². The van der Waals surface area contributed by atoms with Gasteiger partial charge in [0.25, 0.3) is 5.56 Å². The SMILES string of the molecule is Cc1sc2nc3n(c(=O)c2c1C)CC/C3=C/c1cnn(-c2ccccc2)c1. The van der Waals surface area contributed by atoms with E-state index >= 15 is 0 Å². The Morgan fingerprint density at radius 2 is 2.00 bits per heavy atom. The third-order valence-electron chi connectivity index (χ3n) is 5.15. The van der Waals surface area contributed by atoms with Gasteiger partial charge in [-0.1, -0.05) is 18.2 Å². The van der Waals surface area contributed by atoms with E-state index < -0.39 is 0 Å². The highest BCUT2D eigenvalue weighted by Gasteiger charge is 2.23. The average Bonchev–Trinajstić information content (AvgIpc) is 3.37. The van der Waals surface area contributed by atoms with Crippen LogP contribution in [0.3, 0.4) is 0 Å². The lowest BCUT2D eigenvalue weighted by molar-refractivity contribution is 0.726. The first-order valence-electron chi connectivity index (χ1n) is 8.93. The minimum atomic E-state index is 0.0835. The highest BCUT2D eigenvalue weighted by molar-refractivity contribution is 7.18. The van der Waals surface area contributed by atoms with E-state index in [2.05, 4.69) is 11.2 Å². The van der Waals surface area contributed by atoms with Crippen LogP contribution in [0.5, 0.6) is 0 Å². The van der Waals surface area contributed by atoms with E-state index in [-0.39, 0.29) is 5.56 Å². The van der Waals surface area contributed by atoms with Crippen LogP contribution >= 0.6 is 11.3 Å². The van der Waals surface area contributed by atoms with Crippen LogP contribution in [0.15, 0.2) is 47.5 Å². The second kappa shape index (κ2) is 6.03. The zero-order valence-corrected chi connectivity index (χ0v) is 16.0. The number of hydrogen-bond acceptors (Lipinski definition) is 4. The number of aryl methyl sites for hydroxylation is 2. The van der Waals surface area contributed by atoms with Gasteiger partial charge < -0.3 is 0 Å². The number of rotatable bonds is 2. The predicted molar refractivity (Wildman–Crippen MR) is 109 cm³/mol. The number of nitrogens with zero attached hydrogens (tertiary/aromatic N) is 4. The van der Waals surface area contributed by atoms with Gasteiger partial charge in [0.2, 0.25) is 0 Å². The fourth-order valence-electron chi connectivity index (χ4n) is 3.60. The Labute approximate surface area is 160 Å². The lowest BCUT2D eigenvalue weighted by atomic mass is 10.1. The molecule has 1 aliphatic rings. The number of para-hydroxylation sites is 1. The van der Waals surface area contributed by atoms with Crippen LogP contribution in [-0.4, -0.2) is 19.3 Å². The second-order valence-corrected chi connectivity index (χ2v) is 8.03. The van der Waals surface area contributed by atoms with E-state index in [4.69, 9.17) is 4.98 Å². The Morgan fingerprint density at radius 3 is 2.81 bits per heavy atom. The molecular weight excluding hydrogens is 356 g/mol. The minimum absolute atomic E-state index is 0.0835. The maximum Gasteiger partial charge on any atom is 0.262 e. The van der Waals surface area contributed by atoms with Crippen molar-refractivity contribution in [2.75, 3.05) is 0 Å². The Bertz CT molecular complexity index is 1260. The quantitative estimate of drug-likeness (QED) is 0.528. The van der Waals surface area contributed by atoms with Gasteiger partial charge in [0.05, 0.1) is 17.3 Å². The van der Waals surface area contributed by atoms with Gasteiger partial charge in [0, 0.05) is 23.2 Å². The van der Waals surface area contributed by atoms with Crippen molar-refractivity contribution in [3.05, 3.63) is 74.9 Å². The third-order valence-corrected chi connectivity index (χ3v) is 6.25. The Balaban J connectivity index is 1.59. The minimum Gasteiger partial charge on any atom is -0.292 e. The molecule has 1 aromatic carbocycles. The highest BCUT2D eigenvalue weighted by Crippen LogP contribution is 2.31. The summed E-state index contributed by atoms with van der Waals surface area (Å²) in [4.78, 5) is 19.8. The zero-order valence-electron chi connectivity index (χ0n) is 15.1. The summed E-state index contributed by atoms with van der Waals surface area (Å²) in [7, 11) is 0. The summed E-state index contributed by atoms with van der Waals surface area (Å²) in [5.41, 5.74) is 4.26. The smallest absolute Gasteiger partial charge is 0.262 e. The van der Waals surface area contributed by atoms with Crippen molar-refractivity contribution in [1.29, 1.82) is 0 Å². The Morgan fingerprint density at radius 1 is 1.19 bits per heavy atom. The van der Waals surface area contributed by atoms with E-state index in [1.807, 2.05) is 65.8 Å². The molecule has 4 aromatic rings. The molecule has 0 N–H and O–H groups in total.